The zero-order valence-electron chi connectivity index (χ0n) is 10.9. The predicted octanol–water partition coefficient (Wildman–Crippen LogP) is 1.42. The van der Waals surface area contributed by atoms with Crippen LogP contribution in [0.2, 0.25) is 0 Å². The van der Waals surface area contributed by atoms with E-state index in [2.05, 4.69) is 17.1 Å². The lowest BCUT2D eigenvalue weighted by atomic mass is 9.94. The van der Waals surface area contributed by atoms with E-state index in [4.69, 9.17) is 14.2 Å². The van der Waals surface area contributed by atoms with Gasteiger partial charge in [-0.2, -0.15) is 0 Å². The first-order valence-electron chi connectivity index (χ1n) is 7.14. The lowest BCUT2D eigenvalue weighted by molar-refractivity contribution is -0.103. The molecule has 4 heteroatoms. The summed E-state index contributed by atoms with van der Waals surface area (Å²) in [7, 11) is 0. The van der Waals surface area contributed by atoms with Gasteiger partial charge in [0, 0.05) is 25.6 Å². The van der Waals surface area contributed by atoms with Crippen LogP contribution in [0.15, 0.2) is 12.2 Å². The first-order chi connectivity index (χ1) is 8.92. The second-order valence-electron chi connectivity index (χ2n) is 5.42. The van der Waals surface area contributed by atoms with Crippen molar-refractivity contribution in [3.63, 3.8) is 0 Å². The Hall–Kier alpha value is -0.420. The van der Waals surface area contributed by atoms with Crippen LogP contribution < -0.4 is 0 Å². The molecule has 2 fully saturated rings. The molecule has 102 valence electrons. The lowest BCUT2D eigenvalue weighted by Gasteiger charge is -2.29. The summed E-state index contributed by atoms with van der Waals surface area (Å²) in [6.45, 7) is 5.49. The van der Waals surface area contributed by atoms with Crippen molar-refractivity contribution in [3.8, 4) is 0 Å². The summed E-state index contributed by atoms with van der Waals surface area (Å²) in [6.07, 6.45) is 8.27. The smallest absolute Gasteiger partial charge is 0.161 e. The van der Waals surface area contributed by atoms with Crippen LogP contribution in [-0.4, -0.2) is 56.7 Å². The number of hydrogen-bond acceptors (Lipinski definition) is 4. The maximum atomic E-state index is 6.07. The molecule has 2 aliphatic heterocycles. The molecule has 2 heterocycles. The zero-order chi connectivity index (χ0) is 12.2. The molecular formula is C14H23NO3. The summed E-state index contributed by atoms with van der Waals surface area (Å²) in [5, 5.41) is 0. The summed E-state index contributed by atoms with van der Waals surface area (Å²) >= 11 is 0. The molecule has 0 radical (unpaired) electrons. The highest BCUT2D eigenvalue weighted by Crippen LogP contribution is 2.28. The fraction of sp³-hybridized carbons (Fsp3) is 0.857. The number of rotatable bonds is 3. The Bertz CT molecular complexity index is 289. The van der Waals surface area contributed by atoms with Crippen molar-refractivity contribution >= 4 is 0 Å². The molecule has 0 N–H and O–H groups in total. The second kappa shape index (κ2) is 6.15. The van der Waals surface area contributed by atoms with Gasteiger partial charge in [0.25, 0.3) is 0 Å². The number of allylic oxidation sites excluding steroid dienone is 2. The van der Waals surface area contributed by atoms with Gasteiger partial charge in [-0.05, 0) is 19.3 Å². The molecule has 0 spiro atoms. The van der Waals surface area contributed by atoms with E-state index >= 15 is 0 Å². The quantitative estimate of drug-likeness (QED) is 0.712. The van der Waals surface area contributed by atoms with Crippen molar-refractivity contribution in [1.29, 1.82) is 0 Å². The van der Waals surface area contributed by atoms with E-state index in [-0.39, 0.29) is 12.4 Å². The minimum absolute atomic E-state index is 0.0287. The van der Waals surface area contributed by atoms with Crippen LogP contribution in [-0.2, 0) is 14.2 Å². The Balaban J connectivity index is 1.44. The molecule has 0 aromatic rings. The summed E-state index contributed by atoms with van der Waals surface area (Å²) in [5.41, 5.74) is 0. The third-order valence-electron chi connectivity index (χ3n) is 4.03. The Kier molecular flexibility index (Phi) is 4.31. The third-order valence-corrected chi connectivity index (χ3v) is 4.03. The van der Waals surface area contributed by atoms with Crippen LogP contribution in [0.4, 0.5) is 0 Å². The highest BCUT2D eigenvalue weighted by atomic mass is 16.7. The van der Waals surface area contributed by atoms with Crippen LogP contribution >= 0.6 is 0 Å². The van der Waals surface area contributed by atoms with E-state index in [0.29, 0.717) is 5.92 Å². The number of morpholine rings is 1. The molecule has 0 saturated carbocycles. The Labute approximate surface area is 109 Å². The highest BCUT2D eigenvalue weighted by molar-refractivity contribution is 4.92. The fourth-order valence-electron chi connectivity index (χ4n) is 2.95. The van der Waals surface area contributed by atoms with Gasteiger partial charge in [-0.15, -0.1) is 0 Å². The maximum absolute atomic E-state index is 6.07. The Morgan fingerprint density at radius 1 is 1.17 bits per heavy atom. The number of hydrogen-bond donors (Lipinski definition) is 0. The van der Waals surface area contributed by atoms with E-state index in [1.165, 1.54) is 12.8 Å². The monoisotopic (exact) mass is 253 g/mol. The summed E-state index contributed by atoms with van der Waals surface area (Å²) in [6, 6.07) is 0. The van der Waals surface area contributed by atoms with Gasteiger partial charge in [0.1, 0.15) is 0 Å². The summed E-state index contributed by atoms with van der Waals surface area (Å²) in [4.78, 5) is 2.42. The Morgan fingerprint density at radius 2 is 2.06 bits per heavy atom. The van der Waals surface area contributed by atoms with Crippen LogP contribution in [0.5, 0.6) is 0 Å². The standard InChI is InChI=1S/C14H23NO3/c1-2-4-12(5-3-1)14-17-11-13(18-14)10-15-6-8-16-9-7-15/h1-2,12-14H,3-11H2/t12-,13-,14+/m0/s1. The molecule has 0 unspecified atom stereocenters. The number of nitrogens with zero attached hydrogens (tertiary/aromatic N) is 1. The third kappa shape index (κ3) is 3.12. The van der Waals surface area contributed by atoms with Crippen LogP contribution in [0, 0.1) is 5.92 Å². The average molecular weight is 253 g/mol. The summed E-state index contributed by atoms with van der Waals surface area (Å²) in [5.74, 6) is 0.560. The Morgan fingerprint density at radius 3 is 2.83 bits per heavy atom. The molecule has 2 saturated heterocycles. The van der Waals surface area contributed by atoms with Gasteiger partial charge in [0.05, 0.1) is 25.9 Å². The van der Waals surface area contributed by atoms with E-state index in [1.54, 1.807) is 0 Å². The topological polar surface area (TPSA) is 30.9 Å². The molecule has 0 amide bonds. The molecule has 0 aromatic carbocycles. The number of ether oxygens (including phenoxy) is 3. The predicted molar refractivity (Wildman–Crippen MR) is 68.4 cm³/mol. The minimum atomic E-state index is 0.0287. The lowest BCUT2D eigenvalue weighted by Crippen LogP contribution is -2.41. The average Bonchev–Trinajstić information content (AvgIpc) is 2.89. The summed E-state index contributed by atoms with van der Waals surface area (Å²) < 4.78 is 17.3. The molecule has 3 rings (SSSR count). The van der Waals surface area contributed by atoms with Crippen molar-refractivity contribution in [1.82, 2.24) is 4.90 Å². The van der Waals surface area contributed by atoms with Crippen molar-refractivity contribution < 1.29 is 14.2 Å². The van der Waals surface area contributed by atoms with Crippen molar-refractivity contribution in [2.75, 3.05) is 39.5 Å². The molecule has 0 bridgehead atoms. The molecule has 3 aliphatic rings. The van der Waals surface area contributed by atoms with Crippen LogP contribution in [0.1, 0.15) is 19.3 Å². The molecule has 0 aromatic heterocycles. The van der Waals surface area contributed by atoms with Gasteiger partial charge >= 0.3 is 0 Å². The second-order valence-corrected chi connectivity index (χ2v) is 5.42. The van der Waals surface area contributed by atoms with Gasteiger partial charge in [0.2, 0.25) is 0 Å². The van der Waals surface area contributed by atoms with E-state index in [1.807, 2.05) is 0 Å². The van der Waals surface area contributed by atoms with E-state index in [9.17, 15) is 0 Å². The van der Waals surface area contributed by atoms with E-state index < -0.39 is 0 Å². The maximum Gasteiger partial charge on any atom is 0.161 e. The molecule has 4 nitrogen and oxygen atoms in total. The van der Waals surface area contributed by atoms with Gasteiger partial charge in [-0.3, -0.25) is 4.90 Å². The van der Waals surface area contributed by atoms with E-state index in [0.717, 1.165) is 45.9 Å². The van der Waals surface area contributed by atoms with Crippen LogP contribution in [0.25, 0.3) is 0 Å². The molecule has 1 aliphatic carbocycles. The van der Waals surface area contributed by atoms with Gasteiger partial charge in [-0.25, -0.2) is 0 Å². The molecule has 3 atom stereocenters. The van der Waals surface area contributed by atoms with Gasteiger partial charge in [0.15, 0.2) is 6.29 Å². The SMILES string of the molecule is C1=CC[C@H]([C@@H]2OC[C@H](CN3CCOCC3)O2)CC1. The molecule has 18 heavy (non-hydrogen) atoms. The largest absolute Gasteiger partial charge is 0.379 e. The first-order valence-corrected chi connectivity index (χ1v) is 7.14. The van der Waals surface area contributed by atoms with Crippen molar-refractivity contribution in [2.24, 2.45) is 5.92 Å². The zero-order valence-corrected chi connectivity index (χ0v) is 10.9. The highest BCUT2D eigenvalue weighted by Gasteiger charge is 2.33. The normalized spacial score (nSPS) is 38.1. The van der Waals surface area contributed by atoms with Crippen molar-refractivity contribution in [3.05, 3.63) is 12.2 Å². The first kappa shape index (κ1) is 12.6. The molecular weight excluding hydrogens is 230 g/mol. The minimum Gasteiger partial charge on any atom is -0.379 e. The van der Waals surface area contributed by atoms with Gasteiger partial charge in [-0.1, -0.05) is 12.2 Å². The van der Waals surface area contributed by atoms with Crippen LogP contribution in [0.3, 0.4) is 0 Å². The van der Waals surface area contributed by atoms with Crippen molar-refractivity contribution in [2.45, 2.75) is 31.7 Å². The fourth-order valence-corrected chi connectivity index (χ4v) is 2.95. The van der Waals surface area contributed by atoms with Gasteiger partial charge < -0.3 is 14.2 Å².